The van der Waals surface area contributed by atoms with Crippen LogP contribution in [0.1, 0.15) is 5.56 Å². The lowest BCUT2D eigenvalue weighted by Crippen LogP contribution is -2.13. The van der Waals surface area contributed by atoms with E-state index in [0.29, 0.717) is 16.3 Å². The van der Waals surface area contributed by atoms with Crippen molar-refractivity contribution in [2.45, 2.75) is 16.7 Å². The molecule has 7 heteroatoms. The first-order valence-electron chi connectivity index (χ1n) is 6.06. The number of hydrogen-bond donors (Lipinski definition) is 2. The van der Waals surface area contributed by atoms with Gasteiger partial charge in [-0.3, -0.25) is 4.72 Å². The van der Waals surface area contributed by atoms with Crippen molar-refractivity contribution in [3.63, 3.8) is 0 Å². The molecule has 0 radical (unpaired) electrons. The van der Waals surface area contributed by atoms with Gasteiger partial charge in [-0.2, -0.15) is 0 Å². The lowest BCUT2D eigenvalue weighted by molar-refractivity contribution is 0.601. The second kappa shape index (κ2) is 6.17. The van der Waals surface area contributed by atoms with Crippen LogP contribution in [-0.2, 0) is 10.0 Å². The maximum atomic E-state index is 12.4. The second-order valence-electron chi connectivity index (χ2n) is 4.48. The lowest BCUT2D eigenvalue weighted by atomic mass is 10.2. The van der Waals surface area contributed by atoms with Crippen LogP contribution in [-0.4, -0.2) is 14.7 Å². The maximum absolute atomic E-state index is 12.4. The molecule has 3 N–H and O–H groups in total. The van der Waals surface area contributed by atoms with Crippen molar-refractivity contribution in [3.05, 3.63) is 47.0 Å². The average molecular weight is 343 g/mol. The van der Waals surface area contributed by atoms with Gasteiger partial charge in [0.15, 0.2) is 0 Å². The molecule has 0 amide bonds. The molecule has 112 valence electrons. The summed E-state index contributed by atoms with van der Waals surface area (Å²) in [7, 11) is -3.70. The number of halogens is 1. The number of anilines is 2. The summed E-state index contributed by atoms with van der Waals surface area (Å²) in [5.74, 6) is 0. The normalized spacial score (nSPS) is 11.4. The molecule has 0 unspecified atom stereocenters. The number of aryl methyl sites for hydroxylation is 1. The van der Waals surface area contributed by atoms with Gasteiger partial charge in [-0.05, 0) is 49.1 Å². The fourth-order valence-corrected chi connectivity index (χ4v) is 3.56. The van der Waals surface area contributed by atoms with Crippen LogP contribution in [0.5, 0.6) is 0 Å². The van der Waals surface area contributed by atoms with Gasteiger partial charge < -0.3 is 5.73 Å². The Morgan fingerprint density at radius 2 is 1.95 bits per heavy atom. The molecule has 0 spiro atoms. The minimum atomic E-state index is -3.70. The molecule has 4 nitrogen and oxygen atoms in total. The largest absolute Gasteiger partial charge is 0.397 e. The third-order valence-electron chi connectivity index (χ3n) is 2.89. The van der Waals surface area contributed by atoms with E-state index in [4.69, 9.17) is 17.3 Å². The Balaban J connectivity index is 2.38. The molecule has 0 heterocycles. The molecular formula is C14H15ClN2O2S2. The maximum Gasteiger partial charge on any atom is 0.261 e. The monoisotopic (exact) mass is 342 g/mol. The molecule has 0 fully saturated rings. The molecule has 2 rings (SSSR count). The highest BCUT2D eigenvalue weighted by Gasteiger charge is 2.17. The van der Waals surface area contributed by atoms with E-state index in [-0.39, 0.29) is 10.6 Å². The van der Waals surface area contributed by atoms with Gasteiger partial charge in [-0.25, -0.2) is 8.42 Å². The number of nitrogens with one attached hydrogen (secondary N) is 1. The summed E-state index contributed by atoms with van der Waals surface area (Å²) in [5.41, 5.74) is 7.10. The minimum Gasteiger partial charge on any atom is -0.397 e. The zero-order chi connectivity index (χ0) is 15.6. The number of hydrogen-bond acceptors (Lipinski definition) is 4. The third-order valence-corrected chi connectivity index (χ3v) is 5.49. The van der Waals surface area contributed by atoms with E-state index >= 15 is 0 Å². The van der Waals surface area contributed by atoms with Crippen LogP contribution in [0.4, 0.5) is 11.4 Å². The van der Waals surface area contributed by atoms with Gasteiger partial charge in [0, 0.05) is 10.6 Å². The van der Waals surface area contributed by atoms with Crippen LogP contribution in [0.25, 0.3) is 0 Å². The van der Waals surface area contributed by atoms with E-state index in [9.17, 15) is 8.42 Å². The van der Waals surface area contributed by atoms with Crippen molar-refractivity contribution < 1.29 is 8.42 Å². The van der Waals surface area contributed by atoms with Crippen molar-refractivity contribution in [2.75, 3.05) is 16.7 Å². The molecule has 0 saturated heterocycles. The van der Waals surface area contributed by atoms with Gasteiger partial charge in [0.05, 0.1) is 15.6 Å². The van der Waals surface area contributed by atoms with Crippen LogP contribution in [0.2, 0.25) is 5.02 Å². The van der Waals surface area contributed by atoms with Gasteiger partial charge in [0.1, 0.15) is 0 Å². The van der Waals surface area contributed by atoms with E-state index in [1.165, 1.54) is 23.9 Å². The van der Waals surface area contributed by atoms with Crippen LogP contribution >= 0.6 is 23.4 Å². The van der Waals surface area contributed by atoms with E-state index in [1.54, 1.807) is 25.1 Å². The molecule has 2 aromatic rings. The van der Waals surface area contributed by atoms with Gasteiger partial charge in [-0.15, -0.1) is 11.8 Å². The number of nitrogen functional groups attached to an aromatic ring is 1. The summed E-state index contributed by atoms with van der Waals surface area (Å²) in [6, 6.07) is 10.0. The Bertz CT molecular complexity index is 753. The Morgan fingerprint density at radius 1 is 1.24 bits per heavy atom. The molecule has 0 aliphatic heterocycles. The van der Waals surface area contributed by atoms with Crippen molar-refractivity contribution in [1.82, 2.24) is 0 Å². The second-order valence-corrected chi connectivity index (χ2v) is 7.42. The molecular weight excluding hydrogens is 328 g/mol. The molecule has 0 atom stereocenters. The smallest absolute Gasteiger partial charge is 0.261 e. The number of rotatable bonds is 4. The zero-order valence-electron chi connectivity index (χ0n) is 11.6. The van der Waals surface area contributed by atoms with Gasteiger partial charge >= 0.3 is 0 Å². The highest BCUT2D eigenvalue weighted by atomic mass is 35.5. The number of thioether (sulfide) groups is 1. The van der Waals surface area contributed by atoms with Crippen LogP contribution in [0.3, 0.4) is 0 Å². The van der Waals surface area contributed by atoms with Crippen molar-refractivity contribution in [1.29, 1.82) is 0 Å². The molecule has 0 aromatic heterocycles. The molecule has 21 heavy (non-hydrogen) atoms. The average Bonchev–Trinajstić information content (AvgIpc) is 2.44. The number of nitrogens with two attached hydrogens (primary N) is 1. The number of benzene rings is 2. The summed E-state index contributed by atoms with van der Waals surface area (Å²) in [4.78, 5) is 1.07. The van der Waals surface area contributed by atoms with E-state index in [1.807, 2.05) is 12.3 Å². The Morgan fingerprint density at radius 3 is 2.57 bits per heavy atom. The van der Waals surface area contributed by atoms with Gasteiger partial charge in [0.25, 0.3) is 10.0 Å². The first-order valence-corrected chi connectivity index (χ1v) is 9.14. The van der Waals surface area contributed by atoms with Crippen LogP contribution in [0, 0.1) is 6.92 Å². The van der Waals surface area contributed by atoms with Crippen molar-refractivity contribution in [3.8, 4) is 0 Å². The summed E-state index contributed by atoms with van der Waals surface area (Å²) in [6.07, 6.45) is 1.93. The SMILES string of the molecule is CSc1cccc(NS(=O)(=O)c2cc(C)c(Cl)c(N)c2)c1. The van der Waals surface area contributed by atoms with E-state index in [2.05, 4.69) is 4.72 Å². The fraction of sp³-hybridized carbons (Fsp3) is 0.143. The van der Waals surface area contributed by atoms with E-state index in [0.717, 1.165) is 4.90 Å². The first kappa shape index (κ1) is 16.0. The third kappa shape index (κ3) is 3.64. The Labute approximate surface area is 133 Å². The van der Waals surface area contributed by atoms with Gasteiger partial charge in [0.2, 0.25) is 0 Å². The zero-order valence-corrected chi connectivity index (χ0v) is 13.9. The standard InChI is InChI=1S/C14H15ClN2O2S2/c1-9-6-12(8-13(16)14(9)15)21(18,19)17-10-4-3-5-11(7-10)20-2/h3-8,17H,16H2,1-2H3. The number of sulfonamides is 1. The summed E-state index contributed by atoms with van der Waals surface area (Å²) >= 11 is 7.50. The Hall–Kier alpha value is -1.37. The van der Waals surface area contributed by atoms with Crippen LogP contribution in [0.15, 0.2) is 46.2 Å². The van der Waals surface area contributed by atoms with Crippen molar-refractivity contribution in [2.24, 2.45) is 0 Å². The highest BCUT2D eigenvalue weighted by Crippen LogP contribution is 2.28. The molecule has 0 aliphatic rings. The molecule has 2 aromatic carbocycles. The van der Waals surface area contributed by atoms with Crippen LogP contribution < -0.4 is 10.5 Å². The topological polar surface area (TPSA) is 72.2 Å². The highest BCUT2D eigenvalue weighted by molar-refractivity contribution is 7.98. The first-order chi connectivity index (χ1) is 9.83. The minimum absolute atomic E-state index is 0.0939. The lowest BCUT2D eigenvalue weighted by Gasteiger charge is -2.11. The molecule has 0 bridgehead atoms. The fourth-order valence-electron chi connectivity index (χ4n) is 1.82. The predicted molar refractivity (Wildman–Crippen MR) is 89.6 cm³/mol. The molecule has 0 saturated carbocycles. The Kier molecular flexibility index (Phi) is 4.70. The van der Waals surface area contributed by atoms with E-state index < -0.39 is 10.0 Å². The summed E-state index contributed by atoms with van der Waals surface area (Å²) in [5, 5.41) is 0.373. The van der Waals surface area contributed by atoms with Gasteiger partial charge in [-0.1, -0.05) is 17.7 Å². The quantitative estimate of drug-likeness (QED) is 0.655. The van der Waals surface area contributed by atoms with Crippen molar-refractivity contribution >= 4 is 44.8 Å². The summed E-state index contributed by atoms with van der Waals surface area (Å²) in [6.45, 7) is 1.71. The summed E-state index contributed by atoms with van der Waals surface area (Å²) < 4.78 is 27.3. The predicted octanol–water partition coefficient (Wildman–Crippen LogP) is 3.75. The molecule has 0 aliphatic carbocycles.